The van der Waals surface area contributed by atoms with E-state index in [-0.39, 0.29) is 29.9 Å². The SMILES string of the molecule is C=CC(=O)Nc1ccc(C(=O)N2CCS(=O)(=O)CC2c2ccccc2)cc1. The summed E-state index contributed by atoms with van der Waals surface area (Å²) in [7, 11) is -3.20. The number of benzene rings is 2. The third kappa shape index (κ3) is 4.43. The first-order valence-corrected chi connectivity index (χ1v) is 10.3. The lowest BCUT2D eigenvalue weighted by Gasteiger charge is -2.36. The molecule has 140 valence electrons. The van der Waals surface area contributed by atoms with Gasteiger partial charge in [0.25, 0.3) is 5.91 Å². The van der Waals surface area contributed by atoms with Crippen LogP contribution in [-0.2, 0) is 14.6 Å². The summed E-state index contributed by atoms with van der Waals surface area (Å²) < 4.78 is 24.3. The molecular formula is C20H20N2O4S. The molecular weight excluding hydrogens is 364 g/mol. The minimum atomic E-state index is -3.20. The van der Waals surface area contributed by atoms with E-state index in [1.807, 2.05) is 30.3 Å². The van der Waals surface area contributed by atoms with Crippen molar-refractivity contribution < 1.29 is 18.0 Å². The normalized spacial score (nSPS) is 18.5. The molecule has 0 spiro atoms. The summed E-state index contributed by atoms with van der Waals surface area (Å²) in [6, 6.07) is 15.2. The molecule has 0 saturated carbocycles. The highest BCUT2D eigenvalue weighted by atomic mass is 32.2. The van der Waals surface area contributed by atoms with Gasteiger partial charge in [-0.2, -0.15) is 0 Å². The van der Waals surface area contributed by atoms with Gasteiger partial charge in [-0.3, -0.25) is 9.59 Å². The van der Waals surface area contributed by atoms with Gasteiger partial charge in [-0.15, -0.1) is 0 Å². The summed E-state index contributed by atoms with van der Waals surface area (Å²) in [5.74, 6) is -0.703. The first-order valence-electron chi connectivity index (χ1n) is 8.49. The third-order valence-corrected chi connectivity index (χ3v) is 6.09. The van der Waals surface area contributed by atoms with Crippen molar-refractivity contribution in [3.8, 4) is 0 Å². The molecule has 1 N–H and O–H groups in total. The van der Waals surface area contributed by atoms with E-state index < -0.39 is 15.9 Å². The minimum Gasteiger partial charge on any atom is -0.330 e. The zero-order valence-electron chi connectivity index (χ0n) is 14.7. The second-order valence-electron chi connectivity index (χ2n) is 6.31. The molecule has 2 aromatic carbocycles. The number of rotatable bonds is 4. The van der Waals surface area contributed by atoms with Crippen LogP contribution in [0.2, 0.25) is 0 Å². The number of hydrogen-bond donors (Lipinski definition) is 1. The number of sulfone groups is 1. The number of carbonyl (C=O) groups excluding carboxylic acids is 2. The molecule has 0 radical (unpaired) electrons. The van der Waals surface area contributed by atoms with Crippen LogP contribution >= 0.6 is 0 Å². The quantitative estimate of drug-likeness (QED) is 0.821. The van der Waals surface area contributed by atoms with E-state index in [1.54, 1.807) is 29.2 Å². The van der Waals surface area contributed by atoms with Gasteiger partial charge in [0.15, 0.2) is 9.84 Å². The average molecular weight is 384 g/mol. The predicted octanol–water partition coefficient (Wildman–Crippen LogP) is 2.42. The van der Waals surface area contributed by atoms with E-state index in [9.17, 15) is 18.0 Å². The van der Waals surface area contributed by atoms with Crippen LogP contribution in [0.1, 0.15) is 22.0 Å². The summed E-state index contributed by atoms with van der Waals surface area (Å²) in [6.45, 7) is 3.54. The maximum atomic E-state index is 13.0. The van der Waals surface area contributed by atoms with Crippen molar-refractivity contribution in [3.05, 3.63) is 78.4 Å². The fourth-order valence-electron chi connectivity index (χ4n) is 3.06. The lowest BCUT2D eigenvalue weighted by molar-refractivity contribution is -0.111. The molecule has 7 heteroatoms. The Bertz CT molecular complexity index is 953. The molecule has 0 aromatic heterocycles. The van der Waals surface area contributed by atoms with Gasteiger partial charge in [-0.05, 0) is 35.9 Å². The first kappa shape index (κ1) is 18.8. The van der Waals surface area contributed by atoms with E-state index >= 15 is 0 Å². The Balaban J connectivity index is 1.85. The highest BCUT2D eigenvalue weighted by Gasteiger charge is 2.35. The van der Waals surface area contributed by atoms with Crippen molar-refractivity contribution in [2.75, 3.05) is 23.4 Å². The van der Waals surface area contributed by atoms with Crippen LogP contribution in [0.15, 0.2) is 67.3 Å². The number of anilines is 1. The van der Waals surface area contributed by atoms with E-state index in [4.69, 9.17) is 0 Å². The smallest absolute Gasteiger partial charge is 0.254 e. The van der Waals surface area contributed by atoms with Gasteiger partial charge in [0, 0.05) is 17.8 Å². The molecule has 2 aromatic rings. The van der Waals surface area contributed by atoms with E-state index in [1.165, 1.54) is 0 Å². The molecule has 0 aliphatic carbocycles. The lowest BCUT2D eigenvalue weighted by Crippen LogP contribution is -2.46. The average Bonchev–Trinajstić information content (AvgIpc) is 2.68. The maximum absolute atomic E-state index is 13.0. The van der Waals surface area contributed by atoms with Gasteiger partial charge in [-0.25, -0.2) is 8.42 Å². The van der Waals surface area contributed by atoms with Crippen molar-refractivity contribution in [3.63, 3.8) is 0 Å². The number of carbonyl (C=O) groups is 2. The summed E-state index contributed by atoms with van der Waals surface area (Å²) in [6.07, 6.45) is 1.16. The molecule has 27 heavy (non-hydrogen) atoms. The number of amides is 2. The third-order valence-electron chi connectivity index (χ3n) is 4.46. The van der Waals surface area contributed by atoms with Crippen LogP contribution in [0.4, 0.5) is 5.69 Å². The lowest BCUT2D eigenvalue weighted by atomic mass is 10.0. The second-order valence-corrected chi connectivity index (χ2v) is 8.54. The van der Waals surface area contributed by atoms with Gasteiger partial charge < -0.3 is 10.2 Å². The zero-order valence-corrected chi connectivity index (χ0v) is 15.5. The molecule has 1 unspecified atom stereocenters. The van der Waals surface area contributed by atoms with Gasteiger partial charge in [-0.1, -0.05) is 36.9 Å². The van der Waals surface area contributed by atoms with Crippen molar-refractivity contribution in [1.82, 2.24) is 4.90 Å². The van der Waals surface area contributed by atoms with Crippen LogP contribution in [0, 0.1) is 0 Å². The van der Waals surface area contributed by atoms with Crippen LogP contribution in [0.5, 0.6) is 0 Å². The Kier molecular flexibility index (Phi) is 5.41. The van der Waals surface area contributed by atoms with E-state index in [0.717, 1.165) is 11.6 Å². The molecule has 2 amide bonds. The Hall–Kier alpha value is -2.93. The number of nitrogens with zero attached hydrogens (tertiary/aromatic N) is 1. The van der Waals surface area contributed by atoms with Crippen molar-refractivity contribution >= 4 is 27.3 Å². The second kappa shape index (κ2) is 7.75. The zero-order chi connectivity index (χ0) is 19.4. The minimum absolute atomic E-state index is 0.0461. The maximum Gasteiger partial charge on any atom is 0.254 e. The van der Waals surface area contributed by atoms with Gasteiger partial charge in [0.2, 0.25) is 5.91 Å². The number of nitrogens with one attached hydrogen (secondary N) is 1. The molecule has 1 aliphatic rings. The summed E-state index contributed by atoms with van der Waals surface area (Å²) in [4.78, 5) is 26.0. The van der Waals surface area contributed by atoms with Crippen LogP contribution in [0.25, 0.3) is 0 Å². The van der Waals surface area contributed by atoms with Gasteiger partial charge in [0.05, 0.1) is 17.5 Å². The molecule has 1 heterocycles. The topological polar surface area (TPSA) is 83.6 Å². The Labute approximate surface area is 158 Å². The van der Waals surface area contributed by atoms with Crippen LogP contribution in [-0.4, -0.2) is 43.2 Å². The summed E-state index contributed by atoms with van der Waals surface area (Å²) in [5.41, 5.74) is 1.79. The molecule has 1 atom stereocenters. The number of hydrogen-bond acceptors (Lipinski definition) is 4. The standard InChI is InChI=1S/C20H20N2O4S/c1-2-19(23)21-17-10-8-16(9-11-17)20(24)22-12-13-27(25,26)14-18(22)15-6-4-3-5-7-15/h2-11,18H,1,12-14H2,(H,21,23). The van der Waals surface area contributed by atoms with E-state index in [0.29, 0.717) is 11.3 Å². The van der Waals surface area contributed by atoms with Gasteiger partial charge in [0.1, 0.15) is 0 Å². The molecule has 0 bridgehead atoms. The molecule has 3 rings (SSSR count). The summed E-state index contributed by atoms with van der Waals surface area (Å²) >= 11 is 0. The Morgan fingerprint density at radius 3 is 2.37 bits per heavy atom. The van der Waals surface area contributed by atoms with Gasteiger partial charge >= 0.3 is 0 Å². The summed E-state index contributed by atoms with van der Waals surface area (Å²) in [5, 5.41) is 2.62. The molecule has 1 saturated heterocycles. The Morgan fingerprint density at radius 1 is 1.07 bits per heavy atom. The molecule has 6 nitrogen and oxygen atoms in total. The largest absolute Gasteiger partial charge is 0.330 e. The molecule has 1 aliphatic heterocycles. The van der Waals surface area contributed by atoms with Crippen molar-refractivity contribution in [2.24, 2.45) is 0 Å². The highest BCUT2D eigenvalue weighted by Crippen LogP contribution is 2.28. The van der Waals surface area contributed by atoms with Crippen LogP contribution in [0.3, 0.4) is 0 Å². The van der Waals surface area contributed by atoms with Crippen LogP contribution < -0.4 is 5.32 Å². The first-order chi connectivity index (χ1) is 12.9. The predicted molar refractivity (Wildman–Crippen MR) is 104 cm³/mol. The monoisotopic (exact) mass is 384 g/mol. The molecule has 1 fully saturated rings. The van der Waals surface area contributed by atoms with E-state index in [2.05, 4.69) is 11.9 Å². The fraction of sp³-hybridized carbons (Fsp3) is 0.200. The fourth-order valence-corrected chi connectivity index (χ4v) is 4.55. The van der Waals surface area contributed by atoms with Crippen molar-refractivity contribution in [1.29, 1.82) is 0 Å². The highest BCUT2D eigenvalue weighted by molar-refractivity contribution is 7.91. The van der Waals surface area contributed by atoms with Crippen molar-refractivity contribution in [2.45, 2.75) is 6.04 Å². The Morgan fingerprint density at radius 2 is 1.74 bits per heavy atom.